The van der Waals surface area contributed by atoms with Gasteiger partial charge in [-0.1, -0.05) is 19.9 Å². The van der Waals surface area contributed by atoms with Crippen molar-refractivity contribution in [3.8, 4) is 0 Å². The van der Waals surface area contributed by atoms with E-state index in [0.29, 0.717) is 5.69 Å². The first-order valence-corrected chi connectivity index (χ1v) is 6.51. The standard InChI is InChI=1S/C15H19N3O2/c1-9(2)14(15(19)20-3)18-12-5-4-10-8-17-7-6-11(10)13(12)16/h4-9,14,18H,16H2,1-3H3. The summed E-state index contributed by atoms with van der Waals surface area (Å²) >= 11 is 0. The number of anilines is 2. The number of nitrogens with two attached hydrogens (primary N) is 1. The predicted molar refractivity (Wildman–Crippen MR) is 80.4 cm³/mol. The highest BCUT2D eigenvalue weighted by molar-refractivity contribution is 5.99. The molecule has 1 heterocycles. The van der Waals surface area contributed by atoms with Gasteiger partial charge in [0.05, 0.1) is 18.5 Å². The fourth-order valence-corrected chi connectivity index (χ4v) is 2.11. The van der Waals surface area contributed by atoms with Crippen LogP contribution in [0.1, 0.15) is 13.8 Å². The number of nitrogen functional groups attached to an aromatic ring is 1. The monoisotopic (exact) mass is 273 g/mol. The summed E-state index contributed by atoms with van der Waals surface area (Å²) in [5, 5.41) is 5.05. The van der Waals surface area contributed by atoms with Gasteiger partial charge in [0.25, 0.3) is 0 Å². The van der Waals surface area contributed by atoms with Crippen molar-refractivity contribution < 1.29 is 9.53 Å². The number of nitrogens with one attached hydrogen (secondary N) is 1. The Morgan fingerprint density at radius 2 is 2.10 bits per heavy atom. The van der Waals surface area contributed by atoms with Crippen molar-refractivity contribution in [1.29, 1.82) is 0 Å². The Morgan fingerprint density at radius 3 is 2.75 bits per heavy atom. The van der Waals surface area contributed by atoms with Gasteiger partial charge in [-0.15, -0.1) is 0 Å². The van der Waals surface area contributed by atoms with Crippen molar-refractivity contribution in [2.75, 3.05) is 18.2 Å². The Bertz CT molecular complexity index is 626. The van der Waals surface area contributed by atoms with E-state index >= 15 is 0 Å². The van der Waals surface area contributed by atoms with Crippen LogP contribution in [-0.2, 0) is 9.53 Å². The minimum Gasteiger partial charge on any atom is -0.467 e. The fourth-order valence-electron chi connectivity index (χ4n) is 2.11. The molecular weight excluding hydrogens is 254 g/mol. The van der Waals surface area contributed by atoms with Gasteiger partial charge in [-0.3, -0.25) is 4.98 Å². The molecule has 0 saturated carbocycles. The lowest BCUT2D eigenvalue weighted by Crippen LogP contribution is -2.35. The number of esters is 1. The van der Waals surface area contributed by atoms with Crippen LogP contribution >= 0.6 is 0 Å². The highest BCUT2D eigenvalue weighted by Gasteiger charge is 2.23. The van der Waals surface area contributed by atoms with Crippen molar-refractivity contribution in [1.82, 2.24) is 4.98 Å². The SMILES string of the molecule is COC(=O)C(Nc1ccc2cnccc2c1N)C(C)C. The molecule has 0 amide bonds. The van der Waals surface area contributed by atoms with Crippen LogP contribution in [0, 0.1) is 5.92 Å². The van der Waals surface area contributed by atoms with Gasteiger partial charge in [-0.2, -0.15) is 0 Å². The van der Waals surface area contributed by atoms with E-state index in [0.717, 1.165) is 16.5 Å². The number of benzene rings is 1. The number of methoxy groups -OCH3 is 1. The predicted octanol–water partition coefficient (Wildman–Crippen LogP) is 2.43. The molecule has 5 nitrogen and oxygen atoms in total. The molecule has 106 valence electrons. The first-order chi connectivity index (χ1) is 9.54. The van der Waals surface area contributed by atoms with Gasteiger partial charge in [0.15, 0.2) is 0 Å². The van der Waals surface area contributed by atoms with Gasteiger partial charge in [0, 0.05) is 23.2 Å². The molecule has 1 atom stereocenters. The number of carbonyl (C=O) groups excluding carboxylic acids is 1. The number of rotatable bonds is 4. The second-order valence-electron chi connectivity index (χ2n) is 5.01. The minimum atomic E-state index is -0.429. The molecule has 0 aliphatic rings. The summed E-state index contributed by atoms with van der Waals surface area (Å²) < 4.78 is 4.82. The van der Waals surface area contributed by atoms with E-state index in [9.17, 15) is 4.79 Å². The van der Waals surface area contributed by atoms with Crippen LogP contribution in [0.25, 0.3) is 10.8 Å². The number of nitrogens with zero attached hydrogens (tertiary/aromatic N) is 1. The summed E-state index contributed by atoms with van der Waals surface area (Å²) in [6.45, 7) is 3.91. The van der Waals surface area contributed by atoms with Crippen LogP contribution in [0.3, 0.4) is 0 Å². The molecule has 1 aromatic carbocycles. The van der Waals surface area contributed by atoms with Gasteiger partial charge >= 0.3 is 5.97 Å². The van der Waals surface area contributed by atoms with E-state index in [4.69, 9.17) is 10.5 Å². The first kappa shape index (κ1) is 14.1. The largest absolute Gasteiger partial charge is 0.467 e. The number of hydrogen-bond acceptors (Lipinski definition) is 5. The summed E-state index contributed by atoms with van der Waals surface area (Å²) in [4.78, 5) is 15.9. The van der Waals surface area contributed by atoms with Crippen molar-refractivity contribution in [3.05, 3.63) is 30.6 Å². The maximum absolute atomic E-state index is 11.8. The normalized spacial score (nSPS) is 12.4. The molecule has 2 rings (SSSR count). The molecule has 5 heteroatoms. The van der Waals surface area contributed by atoms with Crippen molar-refractivity contribution in [2.45, 2.75) is 19.9 Å². The Kier molecular flexibility index (Phi) is 4.08. The number of fused-ring (bicyclic) bond motifs is 1. The van der Waals surface area contributed by atoms with Gasteiger partial charge < -0.3 is 15.8 Å². The summed E-state index contributed by atoms with van der Waals surface area (Å²) in [6.07, 6.45) is 3.46. The van der Waals surface area contributed by atoms with Gasteiger partial charge in [0.2, 0.25) is 0 Å². The summed E-state index contributed by atoms with van der Waals surface area (Å²) in [6, 6.07) is 5.22. The number of hydrogen-bond donors (Lipinski definition) is 2. The molecule has 0 fully saturated rings. The molecular formula is C15H19N3O2. The molecule has 0 aliphatic carbocycles. The first-order valence-electron chi connectivity index (χ1n) is 6.51. The Balaban J connectivity index is 2.37. The molecule has 1 aromatic heterocycles. The van der Waals surface area contributed by atoms with Crippen LogP contribution in [0.2, 0.25) is 0 Å². The molecule has 0 radical (unpaired) electrons. The maximum Gasteiger partial charge on any atom is 0.328 e. The molecule has 0 bridgehead atoms. The van der Waals surface area contributed by atoms with Crippen LogP contribution in [0.4, 0.5) is 11.4 Å². The third-order valence-electron chi connectivity index (χ3n) is 3.29. The minimum absolute atomic E-state index is 0.0926. The lowest BCUT2D eigenvalue weighted by Gasteiger charge is -2.22. The summed E-state index contributed by atoms with van der Waals surface area (Å²) in [5.41, 5.74) is 7.51. The Hall–Kier alpha value is -2.30. The fraction of sp³-hybridized carbons (Fsp3) is 0.333. The van der Waals surface area contributed by atoms with Gasteiger partial charge in [0.1, 0.15) is 6.04 Å². The van der Waals surface area contributed by atoms with Crippen molar-refractivity contribution in [2.24, 2.45) is 5.92 Å². The molecule has 2 aromatic rings. The zero-order chi connectivity index (χ0) is 14.7. The lowest BCUT2D eigenvalue weighted by molar-refractivity contribution is -0.142. The van der Waals surface area contributed by atoms with Crippen LogP contribution in [0.15, 0.2) is 30.6 Å². The highest BCUT2D eigenvalue weighted by atomic mass is 16.5. The summed E-state index contributed by atoms with van der Waals surface area (Å²) in [5.74, 6) is -0.204. The van der Waals surface area contributed by atoms with Gasteiger partial charge in [-0.25, -0.2) is 4.79 Å². The van der Waals surface area contributed by atoms with Gasteiger partial charge in [-0.05, 0) is 18.1 Å². The quantitative estimate of drug-likeness (QED) is 0.661. The molecule has 1 unspecified atom stereocenters. The average molecular weight is 273 g/mol. The van der Waals surface area contributed by atoms with Crippen LogP contribution < -0.4 is 11.1 Å². The van der Waals surface area contributed by atoms with E-state index in [-0.39, 0.29) is 11.9 Å². The lowest BCUT2D eigenvalue weighted by atomic mass is 10.0. The molecule has 0 spiro atoms. The zero-order valence-electron chi connectivity index (χ0n) is 11.9. The third kappa shape index (κ3) is 2.66. The number of pyridine rings is 1. The highest BCUT2D eigenvalue weighted by Crippen LogP contribution is 2.29. The zero-order valence-corrected chi connectivity index (χ0v) is 11.9. The van der Waals surface area contributed by atoms with E-state index < -0.39 is 6.04 Å². The van der Waals surface area contributed by atoms with Crippen LogP contribution in [-0.4, -0.2) is 24.1 Å². The topological polar surface area (TPSA) is 77.2 Å². The molecule has 0 aliphatic heterocycles. The van der Waals surface area contributed by atoms with Crippen LogP contribution in [0.5, 0.6) is 0 Å². The molecule has 3 N–H and O–H groups in total. The van der Waals surface area contributed by atoms with E-state index in [1.807, 2.05) is 32.0 Å². The smallest absolute Gasteiger partial charge is 0.328 e. The van der Waals surface area contributed by atoms with E-state index in [1.165, 1.54) is 7.11 Å². The second-order valence-corrected chi connectivity index (χ2v) is 5.01. The number of aromatic nitrogens is 1. The van der Waals surface area contributed by atoms with Crippen molar-refractivity contribution in [3.63, 3.8) is 0 Å². The average Bonchev–Trinajstić information content (AvgIpc) is 2.46. The third-order valence-corrected chi connectivity index (χ3v) is 3.29. The van der Waals surface area contributed by atoms with E-state index in [1.54, 1.807) is 12.4 Å². The number of ether oxygens (including phenoxy) is 1. The maximum atomic E-state index is 11.8. The summed E-state index contributed by atoms with van der Waals surface area (Å²) in [7, 11) is 1.38. The Labute approximate surface area is 118 Å². The molecule has 20 heavy (non-hydrogen) atoms. The van der Waals surface area contributed by atoms with Crippen molar-refractivity contribution >= 4 is 28.1 Å². The molecule has 0 saturated heterocycles. The van der Waals surface area contributed by atoms with E-state index in [2.05, 4.69) is 10.3 Å². The second kappa shape index (κ2) is 5.77. The Morgan fingerprint density at radius 1 is 1.35 bits per heavy atom. The number of carbonyl (C=O) groups is 1.